The summed E-state index contributed by atoms with van der Waals surface area (Å²) in [6.45, 7) is 8.82. The van der Waals surface area contributed by atoms with E-state index in [1.165, 1.54) is 17.6 Å². The van der Waals surface area contributed by atoms with Crippen LogP contribution in [0.1, 0.15) is 57.6 Å². The van der Waals surface area contributed by atoms with Crippen molar-refractivity contribution in [3.05, 3.63) is 55.3 Å². The first kappa shape index (κ1) is 21.7. The molecule has 2 nitrogen and oxygen atoms in total. The zero-order valence-corrected chi connectivity index (χ0v) is 19.3. The van der Waals surface area contributed by atoms with Gasteiger partial charge in [-0.2, -0.15) is 0 Å². The van der Waals surface area contributed by atoms with Crippen molar-refractivity contribution in [1.82, 2.24) is 0 Å². The van der Waals surface area contributed by atoms with E-state index in [1.807, 2.05) is 25.1 Å². The molecule has 0 amide bonds. The maximum atomic E-state index is 12.8. The first-order valence-electron chi connectivity index (χ1n) is 9.71. The van der Waals surface area contributed by atoms with E-state index in [0.717, 1.165) is 39.5 Å². The molecule has 0 spiro atoms. The molecule has 0 fully saturated rings. The van der Waals surface area contributed by atoms with Gasteiger partial charge in [-0.25, -0.2) is 0 Å². The molecule has 28 heavy (non-hydrogen) atoms. The first-order valence-corrected chi connectivity index (χ1v) is 11.9. The first-order chi connectivity index (χ1) is 13.2. The summed E-state index contributed by atoms with van der Waals surface area (Å²) in [6, 6.07) is 5.87. The van der Waals surface area contributed by atoms with E-state index in [0.29, 0.717) is 17.7 Å². The van der Waals surface area contributed by atoms with E-state index in [-0.39, 0.29) is 16.4 Å². The van der Waals surface area contributed by atoms with Crippen LogP contribution in [0, 0.1) is 12.3 Å². The van der Waals surface area contributed by atoms with Gasteiger partial charge in [0.25, 0.3) is 0 Å². The predicted molar refractivity (Wildman–Crippen MR) is 122 cm³/mol. The Balaban J connectivity index is 1.89. The molecule has 1 atom stereocenters. The lowest BCUT2D eigenvalue weighted by Crippen LogP contribution is -2.31. The van der Waals surface area contributed by atoms with E-state index < -0.39 is 0 Å². The van der Waals surface area contributed by atoms with Gasteiger partial charge in [-0.3, -0.25) is 9.59 Å². The Morgan fingerprint density at radius 1 is 1.32 bits per heavy atom. The molecule has 1 aromatic carbocycles. The number of ketones is 1. The van der Waals surface area contributed by atoms with Gasteiger partial charge in [-0.05, 0) is 55.7 Å². The molecule has 1 unspecified atom stereocenters. The smallest absolute Gasteiger partial charge is 0.169 e. The highest BCUT2D eigenvalue weighted by Gasteiger charge is 2.38. The Morgan fingerprint density at radius 2 is 2.07 bits per heavy atom. The van der Waals surface area contributed by atoms with Gasteiger partial charge in [0.05, 0.1) is 9.81 Å². The quantitative estimate of drug-likeness (QED) is 0.287. The third-order valence-corrected chi connectivity index (χ3v) is 8.86. The van der Waals surface area contributed by atoms with Crippen molar-refractivity contribution in [3.63, 3.8) is 0 Å². The van der Waals surface area contributed by atoms with Crippen molar-refractivity contribution in [2.45, 2.75) is 64.4 Å². The van der Waals surface area contributed by atoms with Gasteiger partial charge in [-0.15, -0.1) is 23.5 Å². The zero-order valence-electron chi connectivity index (χ0n) is 16.9. The lowest BCUT2D eigenvalue weighted by atomic mass is 9.70. The second-order valence-corrected chi connectivity index (χ2v) is 11.2. The normalized spacial score (nSPS) is 22.6. The van der Waals surface area contributed by atoms with E-state index >= 15 is 0 Å². The molecule has 1 aliphatic carbocycles. The van der Waals surface area contributed by atoms with Crippen molar-refractivity contribution in [2.75, 3.05) is 0 Å². The number of rotatable bonds is 5. The second kappa shape index (κ2) is 8.81. The molecule has 150 valence electrons. The number of aldehydes is 1. The van der Waals surface area contributed by atoms with Gasteiger partial charge in [-0.1, -0.05) is 48.7 Å². The van der Waals surface area contributed by atoms with Crippen LogP contribution in [0.15, 0.2) is 39.2 Å². The van der Waals surface area contributed by atoms with E-state index in [2.05, 4.69) is 20.8 Å². The summed E-state index contributed by atoms with van der Waals surface area (Å²) >= 11 is 9.64. The molecular weight excluding hydrogens is 408 g/mol. The average molecular weight is 435 g/mol. The summed E-state index contributed by atoms with van der Waals surface area (Å²) < 4.78 is 0.845. The summed E-state index contributed by atoms with van der Waals surface area (Å²) in [7, 11) is 0. The molecule has 1 aliphatic heterocycles. The van der Waals surface area contributed by atoms with Crippen LogP contribution in [0.4, 0.5) is 0 Å². The molecule has 2 aliphatic rings. The molecular formula is C23H27ClO2S2. The van der Waals surface area contributed by atoms with Crippen LogP contribution >= 0.6 is 35.1 Å². The Labute approximate surface area is 181 Å². The number of carbonyl (C=O) groups is 2. The predicted octanol–water partition coefficient (Wildman–Crippen LogP) is 6.89. The molecule has 1 aromatic rings. The van der Waals surface area contributed by atoms with Crippen molar-refractivity contribution >= 4 is 47.2 Å². The monoisotopic (exact) mass is 434 g/mol. The fraction of sp³-hybridized carbons (Fsp3) is 0.478. The average Bonchev–Trinajstić information content (AvgIpc) is 2.60. The number of thioether (sulfide) groups is 2. The Bertz CT molecular complexity index is 847. The zero-order chi connectivity index (χ0) is 20.5. The van der Waals surface area contributed by atoms with E-state index in [4.69, 9.17) is 11.6 Å². The minimum atomic E-state index is -0.0289. The van der Waals surface area contributed by atoms with Crippen molar-refractivity contribution in [1.29, 1.82) is 0 Å². The van der Waals surface area contributed by atoms with Crippen LogP contribution in [0.3, 0.4) is 0 Å². The van der Waals surface area contributed by atoms with Crippen molar-refractivity contribution in [2.24, 2.45) is 5.41 Å². The van der Waals surface area contributed by atoms with Crippen LogP contribution in [0.25, 0.3) is 0 Å². The summed E-state index contributed by atoms with van der Waals surface area (Å²) in [5.74, 6) is 0.630. The fourth-order valence-corrected chi connectivity index (χ4v) is 7.91. The number of hydrogen-bond acceptors (Lipinski definition) is 4. The Hall–Kier alpha value is -0.970. The topological polar surface area (TPSA) is 34.1 Å². The van der Waals surface area contributed by atoms with Gasteiger partial charge in [0, 0.05) is 22.4 Å². The second-order valence-electron chi connectivity index (χ2n) is 8.31. The highest BCUT2D eigenvalue weighted by Crippen LogP contribution is 2.51. The lowest BCUT2D eigenvalue weighted by molar-refractivity contribution is -0.117. The number of hydrogen-bond donors (Lipinski definition) is 0. The van der Waals surface area contributed by atoms with E-state index in [1.54, 1.807) is 23.5 Å². The third kappa shape index (κ3) is 4.44. The third-order valence-electron chi connectivity index (χ3n) is 5.82. The molecule has 0 bridgehead atoms. The van der Waals surface area contributed by atoms with Gasteiger partial charge >= 0.3 is 0 Å². The van der Waals surface area contributed by atoms with Gasteiger partial charge in [0.2, 0.25) is 0 Å². The molecule has 0 radical (unpaired) electrons. The molecule has 0 N–H and O–H groups in total. The molecule has 5 heteroatoms. The molecule has 0 aromatic heterocycles. The highest BCUT2D eigenvalue weighted by atomic mass is 35.5. The standard InChI is InChI=1S/C23H27ClO2S2/c1-14-7-5-9-18(24)17(14)13-27-22-16(12-25)19(26)11-20(28-22)21-15(2)8-6-10-23(21,3)4/h5,7,9,12,20H,6,8,10-11,13H2,1-4H3. The number of aryl methyl sites for hydroxylation is 1. The van der Waals surface area contributed by atoms with Gasteiger partial charge in [0.15, 0.2) is 12.1 Å². The summed E-state index contributed by atoms with van der Waals surface area (Å²) in [4.78, 5) is 24.4. The maximum absolute atomic E-state index is 12.8. The van der Waals surface area contributed by atoms with Crippen LogP contribution in [0.5, 0.6) is 0 Å². The number of Topliss-reactive ketones (excluding diaryl/α,β-unsaturated/α-hetero) is 1. The lowest BCUT2D eigenvalue weighted by Gasteiger charge is -2.40. The molecule has 3 rings (SSSR count). The number of allylic oxidation sites excluding steroid dienone is 2. The summed E-state index contributed by atoms with van der Waals surface area (Å²) in [5, 5.41) is 0.859. The van der Waals surface area contributed by atoms with Crippen LogP contribution in [-0.2, 0) is 15.3 Å². The van der Waals surface area contributed by atoms with Gasteiger partial charge < -0.3 is 0 Å². The maximum Gasteiger partial charge on any atom is 0.169 e. The molecule has 0 saturated heterocycles. The highest BCUT2D eigenvalue weighted by molar-refractivity contribution is 8.22. The largest absolute Gasteiger partial charge is 0.298 e. The summed E-state index contributed by atoms with van der Waals surface area (Å²) in [5.41, 5.74) is 5.47. The van der Waals surface area contributed by atoms with Crippen LogP contribution < -0.4 is 0 Å². The number of benzene rings is 1. The number of halogens is 1. The van der Waals surface area contributed by atoms with Crippen molar-refractivity contribution in [3.8, 4) is 0 Å². The number of carbonyl (C=O) groups excluding carboxylic acids is 2. The van der Waals surface area contributed by atoms with Crippen molar-refractivity contribution < 1.29 is 9.59 Å². The minimum absolute atomic E-state index is 0.0289. The SMILES string of the molecule is CC1=C(C2CC(=O)C(C=O)=C(SCc3c(C)cccc3Cl)S2)C(C)(C)CCC1. The van der Waals surface area contributed by atoms with Crippen LogP contribution in [-0.4, -0.2) is 17.3 Å². The fourth-order valence-electron chi connectivity index (χ4n) is 4.35. The molecule has 0 saturated carbocycles. The Kier molecular flexibility index (Phi) is 6.84. The summed E-state index contributed by atoms with van der Waals surface area (Å²) in [6.07, 6.45) is 4.62. The van der Waals surface area contributed by atoms with Crippen LogP contribution in [0.2, 0.25) is 5.02 Å². The molecule has 1 heterocycles. The van der Waals surface area contributed by atoms with E-state index in [9.17, 15) is 9.59 Å². The Morgan fingerprint density at radius 3 is 2.71 bits per heavy atom. The van der Waals surface area contributed by atoms with Gasteiger partial charge in [0.1, 0.15) is 0 Å². The minimum Gasteiger partial charge on any atom is -0.298 e.